The third-order valence-corrected chi connectivity index (χ3v) is 6.89. The Morgan fingerprint density at radius 3 is 2.07 bits per heavy atom. The van der Waals surface area contributed by atoms with E-state index >= 15 is 0 Å². The zero-order valence-electron chi connectivity index (χ0n) is 22.9. The Bertz CT molecular complexity index is 1510. The standard InChI is InChI=1S/C27H28N6O5.C2H3ClO/c1-15(34)30-19-12-20(23(36)22(19)35)33-14-29-21-24(31-25(27(37)38)32-26(21)33)28-13-18(16-8-4-2-5-9-16)17-10-6-3-7-11-17;1-2(3)4/h2-11,14,18-20,22-23,35-36H,12-13H2,1H3,(H,30,34)(H,37,38)(H,28,31,32);1H3/t19-,20+,22+,23-;/m0./s1. The zero-order chi connectivity index (χ0) is 30.4. The third kappa shape index (κ3) is 7.08. The molecule has 2 heterocycles. The number of halogens is 1. The first kappa shape index (κ1) is 30.6. The van der Waals surface area contributed by atoms with Crippen LogP contribution in [-0.2, 0) is 9.59 Å². The summed E-state index contributed by atoms with van der Waals surface area (Å²) in [5.74, 6) is -1.87. The van der Waals surface area contributed by atoms with Crippen LogP contribution in [-0.4, -0.2) is 76.8 Å². The summed E-state index contributed by atoms with van der Waals surface area (Å²) >= 11 is 4.64. The van der Waals surface area contributed by atoms with Gasteiger partial charge in [0.05, 0.1) is 18.4 Å². The minimum absolute atomic E-state index is 0.0528. The van der Waals surface area contributed by atoms with Gasteiger partial charge < -0.3 is 30.5 Å². The number of aliphatic hydroxyl groups is 2. The summed E-state index contributed by atoms with van der Waals surface area (Å²) in [6, 6.07) is 18.5. The number of carbonyl (C=O) groups is 3. The molecule has 0 bridgehead atoms. The molecule has 0 saturated heterocycles. The number of fused-ring (bicyclic) bond motifs is 1. The van der Waals surface area contributed by atoms with Gasteiger partial charge in [0.15, 0.2) is 11.5 Å². The monoisotopic (exact) mass is 594 g/mol. The number of rotatable bonds is 8. The predicted octanol–water partition coefficient (Wildman–Crippen LogP) is 2.71. The summed E-state index contributed by atoms with van der Waals surface area (Å²) in [4.78, 5) is 45.5. The number of amides is 1. The van der Waals surface area contributed by atoms with Gasteiger partial charge in [0, 0.05) is 26.3 Å². The summed E-state index contributed by atoms with van der Waals surface area (Å²) in [6.45, 7) is 3.03. The number of carboxylic acids is 1. The van der Waals surface area contributed by atoms with Gasteiger partial charge in [0.2, 0.25) is 17.0 Å². The first-order chi connectivity index (χ1) is 20.1. The lowest BCUT2D eigenvalue weighted by atomic mass is 9.91. The van der Waals surface area contributed by atoms with Crippen molar-refractivity contribution in [3.05, 3.63) is 83.9 Å². The van der Waals surface area contributed by atoms with E-state index in [0.29, 0.717) is 12.1 Å². The third-order valence-electron chi connectivity index (χ3n) is 6.89. The highest BCUT2D eigenvalue weighted by Gasteiger charge is 2.43. The van der Waals surface area contributed by atoms with E-state index in [4.69, 9.17) is 0 Å². The molecule has 0 aliphatic heterocycles. The van der Waals surface area contributed by atoms with Crippen LogP contribution in [0, 0.1) is 0 Å². The van der Waals surface area contributed by atoms with E-state index < -0.39 is 36.1 Å². The number of nitrogens with zero attached hydrogens (tertiary/aromatic N) is 4. The fourth-order valence-electron chi connectivity index (χ4n) is 5.06. The second kappa shape index (κ2) is 13.5. The minimum Gasteiger partial charge on any atom is -0.475 e. The van der Waals surface area contributed by atoms with Gasteiger partial charge >= 0.3 is 5.97 Å². The van der Waals surface area contributed by atoms with Gasteiger partial charge in [-0.3, -0.25) is 9.59 Å². The summed E-state index contributed by atoms with van der Waals surface area (Å²) in [5.41, 5.74) is 2.69. The molecular formula is C29H31ClN6O6. The van der Waals surface area contributed by atoms with Crippen molar-refractivity contribution < 1.29 is 29.7 Å². The van der Waals surface area contributed by atoms with Crippen LogP contribution in [0.4, 0.5) is 5.82 Å². The number of nitrogens with one attached hydrogen (secondary N) is 2. The highest BCUT2D eigenvalue weighted by molar-refractivity contribution is 6.62. The van der Waals surface area contributed by atoms with Crippen LogP contribution in [0.1, 0.15) is 54.0 Å². The van der Waals surface area contributed by atoms with Crippen molar-refractivity contribution in [2.24, 2.45) is 0 Å². The highest BCUT2D eigenvalue weighted by atomic mass is 35.5. The van der Waals surface area contributed by atoms with Gasteiger partial charge in [0.25, 0.3) is 0 Å². The largest absolute Gasteiger partial charge is 0.475 e. The lowest BCUT2D eigenvalue weighted by Crippen LogP contribution is -2.42. The summed E-state index contributed by atoms with van der Waals surface area (Å²) in [6.07, 6.45) is -0.757. The van der Waals surface area contributed by atoms with Gasteiger partial charge in [-0.2, -0.15) is 0 Å². The topological polar surface area (TPSA) is 180 Å². The van der Waals surface area contributed by atoms with Crippen molar-refractivity contribution in [2.45, 2.75) is 50.5 Å². The second-order valence-electron chi connectivity index (χ2n) is 9.84. The maximum absolute atomic E-state index is 11.9. The molecule has 1 fully saturated rings. The molecule has 4 atom stereocenters. The Labute approximate surface area is 246 Å². The zero-order valence-corrected chi connectivity index (χ0v) is 23.6. The number of hydrogen-bond donors (Lipinski definition) is 5. The van der Waals surface area contributed by atoms with E-state index in [1.165, 1.54) is 24.7 Å². The molecule has 2 aromatic carbocycles. The Morgan fingerprint density at radius 2 is 1.55 bits per heavy atom. The van der Waals surface area contributed by atoms with Crippen LogP contribution in [0.5, 0.6) is 0 Å². The Morgan fingerprint density at radius 1 is 0.976 bits per heavy atom. The number of anilines is 1. The molecule has 2 aromatic heterocycles. The van der Waals surface area contributed by atoms with E-state index in [9.17, 15) is 29.7 Å². The number of aromatic nitrogens is 4. The molecule has 220 valence electrons. The van der Waals surface area contributed by atoms with Crippen molar-refractivity contribution in [1.82, 2.24) is 24.8 Å². The lowest BCUT2D eigenvalue weighted by Gasteiger charge is -2.20. The number of benzene rings is 2. The van der Waals surface area contributed by atoms with Gasteiger partial charge in [-0.25, -0.2) is 19.7 Å². The average molecular weight is 595 g/mol. The van der Waals surface area contributed by atoms with Crippen molar-refractivity contribution in [3.63, 3.8) is 0 Å². The molecule has 5 rings (SSSR count). The Kier molecular flexibility index (Phi) is 9.84. The van der Waals surface area contributed by atoms with Crippen molar-refractivity contribution in [1.29, 1.82) is 0 Å². The lowest BCUT2D eigenvalue weighted by molar-refractivity contribution is -0.120. The summed E-state index contributed by atoms with van der Waals surface area (Å²) in [5, 5.41) is 36.5. The molecule has 1 saturated carbocycles. The van der Waals surface area contributed by atoms with Crippen molar-refractivity contribution >= 4 is 45.7 Å². The number of carbonyl (C=O) groups excluding carboxylic acids is 2. The molecule has 0 radical (unpaired) electrons. The van der Waals surface area contributed by atoms with Gasteiger partial charge in [-0.15, -0.1) is 0 Å². The molecule has 42 heavy (non-hydrogen) atoms. The number of aromatic carboxylic acids is 1. The minimum atomic E-state index is -1.31. The van der Waals surface area contributed by atoms with Crippen LogP contribution in [0.25, 0.3) is 11.2 Å². The van der Waals surface area contributed by atoms with Crippen LogP contribution >= 0.6 is 11.6 Å². The molecule has 0 spiro atoms. The molecule has 12 nitrogen and oxygen atoms in total. The second-order valence-corrected chi connectivity index (χ2v) is 10.4. The van der Waals surface area contributed by atoms with E-state index in [2.05, 4.69) is 37.2 Å². The molecule has 5 N–H and O–H groups in total. The normalized spacial score (nSPS) is 19.7. The van der Waals surface area contributed by atoms with Crippen LogP contribution < -0.4 is 10.6 Å². The van der Waals surface area contributed by atoms with Gasteiger partial charge in [-0.1, -0.05) is 60.7 Å². The quantitative estimate of drug-likeness (QED) is 0.190. The number of imidazole rings is 1. The maximum atomic E-state index is 11.9. The first-order valence-corrected chi connectivity index (χ1v) is 13.6. The predicted molar refractivity (Wildman–Crippen MR) is 155 cm³/mol. The maximum Gasteiger partial charge on any atom is 0.374 e. The molecule has 1 aliphatic rings. The van der Waals surface area contributed by atoms with Crippen LogP contribution in [0.3, 0.4) is 0 Å². The van der Waals surface area contributed by atoms with Gasteiger partial charge in [-0.05, 0) is 29.1 Å². The van der Waals surface area contributed by atoms with Crippen molar-refractivity contribution in [3.8, 4) is 0 Å². The van der Waals surface area contributed by atoms with Gasteiger partial charge in [0.1, 0.15) is 17.7 Å². The van der Waals surface area contributed by atoms with Crippen LogP contribution in [0.2, 0.25) is 0 Å². The Hall–Kier alpha value is -4.39. The molecule has 4 aromatic rings. The highest BCUT2D eigenvalue weighted by Crippen LogP contribution is 2.34. The average Bonchev–Trinajstić information content (AvgIpc) is 3.50. The molecule has 13 heteroatoms. The number of hydrogen-bond acceptors (Lipinski definition) is 9. The SMILES string of the molecule is CC(=O)Cl.CC(=O)N[C@H]1C[C@@H](n2cnc3c(NCC(c4ccccc4)c4ccccc4)nc(C(=O)O)nc32)[C@H](O)[C@@H]1O. The fourth-order valence-corrected chi connectivity index (χ4v) is 5.06. The summed E-state index contributed by atoms with van der Waals surface area (Å²) < 4.78 is 1.54. The molecule has 1 amide bonds. The summed E-state index contributed by atoms with van der Waals surface area (Å²) in [7, 11) is 0. The molecule has 1 aliphatic carbocycles. The van der Waals surface area contributed by atoms with E-state index in [-0.39, 0.29) is 35.0 Å². The van der Waals surface area contributed by atoms with E-state index in [1.807, 2.05) is 60.7 Å². The first-order valence-electron chi connectivity index (χ1n) is 13.2. The fraction of sp³-hybridized carbons (Fsp3) is 0.310. The van der Waals surface area contributed by atoms with E-state index in [1.54, 1.807) is 0 Å². The van der Waals surface area contributed by atoms with Crippen LogP contribution in [0.15, 0.2) is 67.0 Å². The number of aliphatic hydroxyl groups excluding tert-OH is 2. The number of carboxylic acid groups (broad SMARTS) is 1. The Balaban J connectivity index is 0.000000952. The van der Waals surface area contributed by atoms with Crippen molar-refractivity contribution in [2.75, 3.05) is 11.9 Å². The molecular weight excluding hydrogens is 564 g/mol. The smallest absolute Gasteiger partial charge is 0.374 e. The molecule has 0 unspecified atom stereocenters. The van der Waals surface area contributed by atoms with E-state index in [0.717, 1.165) is 11.1 Å².